The molecule has 1 aromatic heterocycles. The molecule has 3 rings (SSSR count). The zero-order valence-corrected chi connectivity index (χ0v) is 18.9. The van der Waals surface area contributed by atoms with Gasteiger partial charge in [0, 0.05) is 31.6 Å². The molecule has 0 aliphatic heterocycles. The zero-order chi connectivity index (χ0) is 22.9. The number of hydrogen-bond acceptors (Lipinski definition) is 5. The molecular formula is C26H28N2O4. The number of pyridine rings is 1. The van der Waals surface area contributed by atoms with Gasteiger partial charge in [-0.2, -0.15) is 0 Å². The van der Waals surface area contributed by atoms with Gasteiger partial charge in [0.1, 0.15) is 0 Å². The second-order valence-electron chi connectivity index (χ2n) is 7.27. The molecule has 166 valence electrons. The first-order valence-corrected chi connectivity index (χ1v) is 10.3. The van der Waals surface area contributed by atoms with Crippen molar-refractivity contribution in [2.24, 2.45) is 0 Å². The number of nitrogens with zero attached hydrogens (tertiary/aromatic N) is 2. The standard InChI is InChI=1S/C26H28N2O4/c1-19-8-5-6-10-22(19)18-28(17-21-9-7-13-27-16-21)25(29)12-11-20-14-23(30-2)26(32-4)24(15-20)31-3/h5-16H,17-18H2,1-4H3/b12-11+. The lowest BCUT2D eigenvalue weighted by Gasteiger charge is -2.22. The zero-order valence-electron chi connectivity index (χ0n) is 18.9. The molecular weight excluding hydrogens is 404 g/mol. The lowest BCUT2D eigenvalue weighted by atomic mass is 10.1. The first kappa shape index (κ1) is 22.9. The Morgan fingerprint density at radius 1 is 0.969 bits per heavy atom. The number of ether oxygens (including phenoxy) is 3. The summed E-state index contributed by atoms with van der Waals surface area (Å²) < 4.78 is 16.2. The lowest BCUT2D eigenvalue weighted by Crippen LogP contribution is -2.28. The summed E-state index contributed by atoms with van der Waals surface area (Å²) in [5, 5.41) is 0. The summed E-state index contributed by atoms with van der Waals surface area (Å²) in [5.41, 5.74) is 3.98. The molecule has 0 saturated heterocycles. The highest BCUT2D eigenvalue weighted by atomic mass is 16.5. The van der Waals surface area contributed by atoms with Gasteiger partial charge in [-0.3, -0.25) is 9.78 Å². The van der Waals surface area contributed by atoms with Gasteiger partial charge in [0.05, 0.1) is 21.3 Å². The summed E-state index contributed by atoms with van der Waals surface area (Å²) in [7, 11) is 4.68. The van der Waals surface area contributed by atoms with Crippen molar-refractivity contribution in [3.8, 4) is 17.2 Å². The summed E-state index contributed by atoms with van der Waals surface area (Å²) >= 11 is 0. The first-order valence-electron chi connectivity index (χ1n) is 10.3. The third kappa shape index (κ3) is 5.66. The minimum Gasteiger partial charge on any atom is -0.493 e. The molecule has 1 heterocycles. The average molecular weight is 433 g/mol. The van der Waals surface area contributed by atoms with E-state index in [0.717, 1.165) is 22.3 Å². The molecule has 0 atom stereocenters. The molecule has 0 saturated carbocycles. The number of benzene rings is 2. The predicted octanol–water partition coefficient (Wildman–Crippen LogP) is 4.66. The number of amides is 1. The second kappa shape index (κ2) is 11.0. The van der Waals surface area contributed by atoms with Crippen LogP contribution in [0.5, 0.6) is 17.2 Å². The van der Waals surface area contributed by atoms with Crippen molar-refractivity contribution in [1.82, 2.24) is 9.88 Å². The quantitative estimate of drug-likeness (QED) is 0.460. The van der Waals surface area contributed by atoms with Crippen LogP contribution in [0.3, 0.4) is 0 Å². The Morgan fingerprint density at radius 3 is 2.28 bits per heavy atom. The highest BCUT2D eigenvalue weighted by molar-refractivity contribution is 5.92. The van der Waals surface area contributed by atoms with Crippen molar-refractivity contribution in [3.63, 3.8) is 0 Å². The third-order valence-electron chi connectivity index (χ3n) is 5.14. The monoisotopic (exact) mass is 432 g/mol. The van der Waals surface area contributed by atoms with Gasteiger partial charge >= 0.3 is 0 Å². The molecule has 0 aliphatic carbocycles. The first-order chi connectivity index (χ1) is 15.5. The van der Waals surface area contributed by atoms with E-state index in [1.54, 1.807) is 62.9 Å². The normalized spacial score (nSPS) is 10.8. The molecule has 0 spiro atoms. The van der Waals surface area contributed by atoms with Crippen LogP contribution in [0.4, 0.5) is 0 Å². The van der Waals surface area contributed by atoms with E-state index >= 15 is 0 Å². The summed E-state index contributed by atoms with van der Waals surface area (Å²) in [5.74, 6) is 1.47. The van der Waals surface area contributed by atoms with Gasteiger partial charge in [-0.25, -0.2) is 0 Å². The fourth-order valence-electron chi connectivity index (χ4n) is 3.39. The van der Waals surface area contributed by atoms with E-state index in [0.29, 0.717) is 30.3 Å². The largest absolute Gasteiger partial charge is 0.493 e. The number of rotatable bonds is 9. The van der Waals surface area contributed by atoms with Gasteiger partial charge in [0.25, 0.3) is 0 Å². The Kier molecular flexibility index (Phi) is 7.86. The van der Waals surface area contributed by atoms with Crippen molar-refractivity contribution in [2.45, 2.75) is 20.0 Å². The number of hydrogen-bond donors (Lipinski definition) is 0. The van der Waals surface area contributed by atoms with Gasteiger partial charge in [-0.1, -0.05) is 30.3 Å². The molecule has 6 heteroatoms. The number of aryl methyl sites for hydroxylation is 1. The molecule has 0 radical (unpaired) electrons. The minimum absolute atomic E-state index is 0.106. The van der Waals surface area contributed by atoms with Crippen molar-refractivity contribution in [3.05, 3.63) is 89.3 Å². The van der Waals surface area contributed by atoms with Gasteiger partial charge in [-0.05, 0) is 53.5 Å². The van der Waals surface area contributed by atoms with Crippen LogP contribution in [0.1, 0.15) is 22.3 Å². The fourth-order valence-corrected chi connectivity index (χ4v) is 3.39. The number of carbonyl (C=O) groups excluding carboxylic acids is 1. The lowest BCUT2D eigenvalue weighted by molar-refractivity contribution is -0.127. The topological polar surface area (TPSA) is 60.9 Å². The Balaban J connectivity index is 1.87. The smallest absolute Gasteiger partial charge is 0.247 e. The summed E-state index contributed by atoms with van der Waals surface area (Å²) in [4.78, 5) is 19.2. The molecule has 2 aromatic carbocycles. The molecule has 0 bridgehead atoms. The average Bonchev–Trinajstić information content (AvgIpc) is 2.83. The van der Waals surface area contributed by atoms with Crippen molar-refractivity contribution in [1.29, 1.82) is 0 Å². The number of methoxy groups -OCH3 is 3. The number of carbonyl (C=O) groups is 1. The van der Waals surface area contributed by atoms with Crippen LogP contribution >= 0.6 is 0 Å². The summed E-state index contributed by atoms with van der Waals surface area (Å²) in [6.45, 7) is 3.01. The fraction of sp³-hybridized carbons (Fsp3) is 0.231. The highest BCUT2D eigenvalue weighted by Crippen LogP contribution is 2.38. The van der Waals surface area contributed by atoms with Crippen LogP contribution in [0.2, 0.25) is 0 Å². The Labute approximate surface area is 189 Å². The molecule has 32 heavy (non-hydrogen) atoms. The molecule has 6 nitrogen and oxygen atoms in total. The van der Waals surface area contributed by atoms with E-state index in [2.05, 4.69) is 4.98 Å². The second-order valence-corrected chi connectivity index (χ2v) is 7.27. The maximum atomic E-state index is 13.2. The number of aromatic nitrogens is 1. The molecule has 0 aliphatic rings. The highest BCUT2D eigenvalue weighted by Gasteiger charge is 2.15. The van der Waals surface area contributed by atoms with E-state index in [4.69, 9.17) is 14.2 Å². The third-order valence-corrected chi connectivity index (χ3v) is 5.14. The van der Waals surface area contributed by atoms with Crippen molar-refractivity contribution in [2.75, 3.05) is 21.3 Å². The Hall–Kier alpha value is -3.80. The summed E-state index contributed by atoms with van der Waals surface area (Å²) in [6.07, 6.45) is 6.82. The van der Waals surface area contributed by atoms with Crippen LogP contribution < -0.4 is 14.2 Å². The van der Waals surface area contributed by atoms with Gasteiger partial charge in [-0.15, -0.1) is 0 Å². The summed E-state index contributed by atoms with van der Waals surface area (Å²) in [6, 6.07) is 15.5. The van der Waals surface area contributed by atoms with Crippen molar-refractivity contribution < 1.29 is 19.0 Å². The van der Waals surface area contributed by atoms with E-state index in [-0.39, 0.29) is 5.91 Å². The van der Waals surface area contributed by atoms with E-state index < -0.39 is 0 Å². The van der Waals surface area contributed by atoms with Crippen LogP contribution in [0.15, 0.2) is 67.0 Å². The van der Waals surface area contributed by atoms with E-state index in [9.17, 15) is 4.79 Å². The maximum Gasteiger partial charge on any atom is 0.247 e. The van der Waals surface area contributed by atoms with Crippen molar-refractivity contribution >= 4 is 12.0 Å². The van der Waals surface area contributed by atoms with Crippen LogP contribution in [-0.2, 0) is 17.9 Å². The van der Waals surface area contributed by atoms with Gasteiger partial charge in [0.2, 0.25) is 11.7 Å². The molecule has 0 fully saturated rings. The molecule has 0 N–H and O–H groups in total. The van der Waals surface area contributed by atoms with E-state index in [1.807, 2.05) is 43.3 Å². The predicted molar refractivity (Wildman–Crippen MR) is 125 cm³/mol. The van der Waals surface area contributed by atoms with E-state index in [1.165, 1.54) is 0 Å². The van der Waals surface area contributed by atoms with Gasteiger partial charge in [0.15, 0.2) is 11.5 Å². The van der Waals surface area contributed by atoms with Crippen LogP contribution in [-0.4, -0.2) is 37.1 Å². The molecule has 1 amide bonds. The molecule has 3 aromatic rings. The van der Waals surface area contributed by atoms with Gasteiger partial charge < -0.3 is 19.1 Å². The maximum absolute atomic E-state index is 13.2. The Morgan fingerprint density at radius 2 is 1.69 bits per heavy atom. The van der Waals surface area contributed by atoms with Crippen LogP contribution in [0, 0.1) is 6.92 Å². The Bertz CT molecular complexity index is 1060. The minimum atomic E-state index is -0.106. The SMILES string of the molecule is COc1cc(/C=C/C(=O)N(Cc2cccnc2)Cc2ccccc2C)cc(OC)c1OC. The molecule has 0 unspecified atom stereocenters. The van der Waals surface area contributed by atoms with Crippen LogP contribution in [0.25, 0.3) is 6.08 Å².